The van der Waals surface area contributed by atoms with Crippen LogP contribution < -0.4 is 5.32 Å². The number of halogens is 1. The molecule has 0 amide bonds. The predicted molar refractivity (Wildman–Crippen MR) is 70.2 cm³/mol. The van der Waals surface area contributed by atoms with Gasteiger partial charge >= 0.3 is 0 Å². The molecule has 0 radical (unpaired) electrons. The first-order valence-electron chi connectivity index (χ1n) is 5.31. The average molecular weight is 319 g/mol. The maximum atomic E-state index is 10.6. The zero-order chi connectivity index (χ0) is 13.8. The fraction of sp³-hybridized carbons (Fsp3) is 0.455. The fourth-order valence-corrected chi connectivity index (χ4v) is 1.77. The summed E-state index contributed by atoms with van der Waals surface area (Å²) in [6.07, 6.45) is 0. The molecule has 0 fully saturated rings. The van der Waals surface area contributed by atoms with Crippen molar-refractivity contribution in [3.8, 4) is 0 Å². The van der Waals surface area contributed by atoms with E-state index in [9.17, 15) is 10.1 Å². The number of nitrogens with one attached hydrogen (secondary N) is 1. The van der Waals surface area contributed by atoms with E-state index >= 15 is 0 Å². The first-order chi connectivity index (χ1) is 8.41. The topological polar surface area (TPSA) is 95.6 Å². The normalized spacial score (nSPS) is 11.6. The highest BCUT2D eigenvalue weighted by atomic mass is 79.9. The van der Waals surface area contributed by atoms with Crippen LogP contribution in [0.5, 0.6) is 0 Å². The van der Waals surface area contributed by atoms with E-state index in [1.807, 2.05) is 0 Å². The zero-order valence-corrected chi connectivity index (χ0v) is 11.5. The highest BCUT2D eigenvalue weighted by molar-refractivity contribution is 9.10. The molecule has 7 heteroatoms. The van der Waals surface area contributed by atoms with Crippen LogP contribution in [0.2, 0.25) is 0 Å². The van der Waals surface area contributed by atoms with Crippen LogP contribution >= 0.6 is 15.9 Å². The average Bonchev–Trinajstić information content (AvgIpc) is 2.36. The summed E-state index contributed by atoms with van der Waals surface area (Å²) in [5.41, 5.74) is 0.0488. The van der Waals surface area contributed by atoms with Gasteiger partial charge in [-0.2, -0.15) is 0 Å². The lowest BCUT2D eigenvalue weighted by Crippen LogP contribution is -2.48. The fourth-order valence-electron chi connectivity index (χ4n) is 1.26. The lowest BCUT2D eigenvalue weighted by Gasteiger charge is -2.26. The van der Waals surface area contributed by atoms with Gasteiger partial charge in [-0.05, 0) is 18.6 Å². The Labute approximate surface area is 113 Å². The Kier molecular flexibility index (Phi) is 5.21. The molecule has 0 unspecified atom stereocenters. The Morgan fingerprint density at radius 3 is 2.50 bits per heavy atom. The summed E-state index contributed by atoms with van der Waals surface area (Å²) in [7, 11) is 0. The van der Waals surface area contributed by atoms with Gasteiger partial charge in [-0.15, -0.1) is 0 Å². The Morgan fingerprint density at radius 1 is 1.44 bits per heavy atom. The van der Waals surface area contributed by atoms with Gasteiger partial charge < -0.3 is 15.5 Å². The molecular weight excluding hydrogens is 304 g/mol. The SMILES string of the molecule is CC(CO)(CO)NCc1ccc([N+](=O)[O-])cc1Br. The van der Waals surface area contributed by atoms with Gasteiger partial charge in [0, 0.05) is 23.2 Å². The minimum absolute atomic E-state index is 0.0118. The first-order valence-corrected chi connectivity index (χ1v) is 6.11. The van der Waals surface area contributed by atoms with Crippen molar-refractivity contribution in [2.24, 2.45) is 0 Å². The molecule has 0 aliphatic heterocycles. The Bertz CT molecular complexity index is 435. The summed E-state index contributed by atoms with van der Waals surface area (Å²) in [4.78, 5) is 10.1. The number of hydrogen-bond acceptors (Lipinski definition) is 5. The van der Waals surface area contributed by atoms with E-state index in [0.717, 1.165) is 5.56 Å². The third-order valence-electron chi connectivity index (χ3n) is 2.65. The Hall–Kier alpha value is -1.02. The van der Waals surface area contributed by atoms with Crippen LogP contribution in [-0.4, -0.2) is 33.9 Å². The predicted octanol–water partition coefficient (Wildman–Crippen LogP) is 1.19. The summed E-state index contributed by atoms with van der Waals surface area (Å²) in [6.45, 7) is 1.67. The molecule has 0 saturated heterocycles. The second-order valence-corrected chi connectivity index (χ2v) is 5.12. The summed E-state index contributed by atoms with van der Waals surface area (Å²) >= 11 is 3.26. The van der Waals surface area contributed by atoms with Gasteiger partial charge in [0.25, 0.3) is 5.69 Å². The quantitative estimate of drug-likeness (QED) is 0.541. The summed E-state index contributed by atoms with van der Waals surface area (Å²) in [6, 6.07) is 4.47. The molecular formula is C11H15BrN2O4. The smallest absolute Gasteiger partial charge is 0.270 e. The number of hydrogen-bond donors (Lipinski definition) is 3. The van der Waals surface area contributed by atoms with Gasteiger partial charge in [0.15, 0.2) is 0 Å². The van der Waals surface area contributed by atoms with E-state index in [2.05, 4.69) is 21.2 Å². The van der Waals surface area contributed by atoms with E-state index in [-0.39, 0.29) is 18.9 Å². The van der Waals surface area contributed by atoms with Crippen LogP contribution in [0.4, 0.5) is 5.69 Å². The number of benzene rings is 1. The molecule has 0 aliphatic rings. The van der Waals surface area contributed by atoms with Gasteiger partial charge in [-0.25, -0.2) is 0 Å². The molecule has 3 N–H and O–H groups in total. The molecule has 0 spiro atoms. The summed E-state index contributed by atoms with van der Waals surface area (Å²) < 4.78 is 0.613. The summed E-state index contributed by atoms with van der Waals surface area (Å²) in [5.74, 6) is 0. The molecule has 1 aromatic rings. The number of nitrogens with zero attached hydrogens (tertiary/aromatic N) is 1. The second kappa shape index (κ2) is 6.24. The zero-order valence-electron chi connectivity index (χ0n) is 9.89. The largest absolute Gasteiger partial charge is 0.394 e. The number of aliphatic hydroxyl groups is 2. The minimum Gasteiger partial charge on any atom is -0.394 e. The van der Waals surface area contributed by atoms with Crippen LogP contribution in [0.25, 0.3) is 0 Å². The molecule has 1 rings (SSSR count). The lowest BCUT2D eigenvalue weighted by atomic mass is 10.0. The van der Waals surface area contributed by atoms with Crippen molar-refractivity contribution in [3.05, 3.63) is 38.3 Å². The number of aliphatic hydroxyl groups excluding tert-OH is 2. The minimum atomic E-state index is -0.777. The maximum absolute atomic E-state index is 10.6. The van der Waals surface area contributed by atoms with Gasteiger partial charge in [0.05, 0.1) is 23.7 Å². The van der Waals surface area contributed by atoms with Crippen molar-refractivity contribution in [1.29, 1.82) is 0 Å². The van der Waals surface area contributed by atoms with Crippen molar-refractivity contribution in [3.63, 3.8) is 0 Å². The Balaban J connectivity index is 2.77. The number of nitro benzene ring substituents is 1. The first kappa shape index (κ1) is 15.0. The van der Waals surface area contributed by atoms with Crippen molar-refractivity contribution < 1.29 is 15.1 Å². The van der Waals surface area contributed by atoms with E-state index in [1.165, 1.54) is 12.1 Å². The van der Waals surface area contributed by atoms with E-state index < -0.39 is 10.5 Å². The van der Waals surface area contributed by atoms with Crippen molar-refractivity contribution in [1.82, 2.24) is 5.32 Å². The van der Waals surface area contributed by atoms with Crippen LogP contribution in [0, 0.1) is 10.1 Å². The summed E-state index contributed by atoms with van der Waals surface area (Å²) in [5, 5.41) is 31.8. The van der Waals surface area contributed by atoms with Gasteiger partial charge in [0.2, 0.25) is 0 Å². The molecule has 18 heavy (non-hydrogen) atoms. The highest BCUT2D eigenvalue weighted by Crippen LogP contribution is 2.23. The molecule has 100 valence electrons. The van der Waals surface area contributed by atoms with Crippen LogP contribution in [-0.2, 0) is 6.54 Å². The number of non-ortho nitro benzene ring substituents is 1. The third-order valence-corrected chi connectivity index (χ3v) is 3.39. The molecule has 0 saturated carbocycles. The molecule has 0 bridgehead atoms. The number of rotatable bonds is 6. The van der Waals surface area contributed by atoms with Gasteiger partial charge in [-0.3, -0.25) is 10.1 Å². The van der Waals surface area contributed by atoms with Crippen LogP contribution in [0.3, 0.4) is 0 Å². The van der Waals surface area contributed by atoms with Crippen LogP contribution in [0.1, 0.15) is 12.5 Å². The third kappa shape index (κ3) is 3.74. The van der Waals surface area contributed by atoms with Gasteiger partial charge in [-0.1, -0.05) is 15.9 Å². The van der Waals surface area contributed by atoms with E-state index in [4.69, 9.17) is 10.2 Å². The van der Waals surface area contributed by atoms with E-state index in [0.29, 0.717) is 11.0 Å². The molecule has 1 aromatic carbocycles. The number of nitro groups is 1. The van der Waals surface area contributed by atoms with Crippen LogP contribution in [0.15, 0.2) is 22.7 Å². The van der Waals surface area contributed by atoms with Crippen molar-refractivity contribution in [2.45, 2.75) is 19.0 Å². The maximum Gasteiger partial charge on any atom is 0.270 e. The second-order valence-electron chi connectivity index (χ2n) is 4.26. The molecule has 0 aromatic heterocycles. The molecule has 6 nitrogen and oxygen atoms in total. The molecule has 0 atom stereocenters. The Morgan fingerprint density at radius 2 is 2.06 bits per heavy atom. The highest BCUT2D eigenvalue weighted by Gasteiger charge is 2.21. The molecule has 0 aliphatic carbocycles. The van der Waals surface area contributed by atoms with Crippen molar-refractivity contribution >= 4 is 21.6 Å². The lowest BCUT2D eigenvalue weighted by molar-refractivity contribution is -0.384. The monoisotopic (exact) mass is 318 g/mol. The van der Waals surface area contributed by atoms with E-state index in [1.54, 1.807) is 13.0 Å². The molecule has 0 heterocycles. The standard InChI is InChI=1S/C11H15BrN2O4/c1-11(6-15,7-16)13-5-8-2-3-9(14(17)18)4-10(8)12/h2-4,13,15-16H,5-7H2,1H3. The van der Waals surface area contributed by atoms with Crippen molar-refractivity contribution in [2.75, 3.05) is 13.2 Å². The van der Waals surface area contributed by atoms with Gasteiger partial charge in [0.1, 0.15) is 0 Å².